The van der Waals surface area contributed by atoms with E-state index in [0.29, 0.717) is 23.9 Å². The van der Waals surface area contributed by atoms with Crippen molar-refractivity contribution in [2.24, 2.45) is 0 Å². The van der Waals surface area contributed by atoms with Gasteiger partial charge in [0.25, 0.3) is 5.91 Å². The van der Waals surface area contributed by atoms with Crippen molar-refractivity contribution in [1.82, 2.24) is 4.90 Å². The Bertz CT molecular complexity index is 702. The monoisotopic (exact) mass is 387 g/mol. The van der Waals surface area contributed by atoms with Crippen molar-refractivity contribution in [1.29, 1.82) is 0 Å². The number of thiophene rings is 1. The van der Waals surface area contributed by atoms with Crippen molar-refractivity contribution in [2.45, 2.75) is 18.0 Å². The van der Waals surface area contributed by atoms with Gasteiger partial charge in [-0.1, -0.05) is 6.07 Å². The Kier molecular flexibility index (Phi) is 5.58. The van der Waals surface area contributed by atoms with Crippen molar-refractivity contribution in [3.05, 3.63) is 52.2 Å². The van der Waals surface area contributed by atoms with E-state index in [4.69, 9.17) is 0 Å². The van der Waals surface area contributed by atoms with Gasteiger partial charge in [-0.15, -0.1) is 24.5 Å². The first-order valence-corrected chi connectivity index (χ1v) is 9.65. The van der Waals surface area contributed by atoms with Crippen LogP contribution < -0.4 is 4.74 Å². The summed E-state index contributed by atoms with van der Waals surface area (Å²) in [6.07, 6.45) is -3.86. The van der Waals surface area contributed by atoms with E-state index in [9.17, 15) is 18.0 Å². The molecule has 1 amide bonds. The Morgan fingerprint density at radius 3 is 2.56 bits per heavy atom. The average Bonchev–Trinajstić information content (AvgIpc) is 2.98. The summed E-state index contributed by atoms with van der Waals surface area (Å²) in [5.41, 5.74) is 0.370. The highest BCUT2D eigenvalue weighted by atomic mass is 32.2. The van der Waals surface area contributed by atoms with Gasteiger partial charge in [0.05, 0.1) is 0 Å². The highest BCUT2D eigenvalue weighted by Gasteiger charge is 2.31. The second-order valence-corrected chi connectivity index (χ2v) is 7.82. The Hall–Kier alpha value is -1.67. The summed E-state index contributed by atoms with van der Waals surface area (Å²) in [6, 6.07) is 9.22. The molecular weight excluding hydrogens is 371 g/mol. The van der Waals surface area contributed by atoms with Crippen molar-refractivity contribution in [3.63, 3.8) is 0 Å². The molecule has 134 valence electrons. The van der Waals surface area contributed by atoms with Gasteiger partial charge in [-0.3, -0.25) is 4.79 Å². The van der Waals surface area contributed by atoms with E-state index in [1.165, 1.54) is 29.1 Å². The molecule has 1 saturated heterocycles. The molecule has 3 rings (SSSR count). The lowest BCUT2D eigenvalue weighted by atomic mass is 10.1. The van der Waals surface area contributed by atoms with Crippen LogP contribution >= 0.6 is 23.1 Å². The smallest absolute Gasteiger partial charge is 0.406 e. The summed E-state index contributed by atoms with van der Waals surface area (Å²) in [5.74, 6) is 0.350. The molecule has 0 radical (unpaired) electrons. The lowest BCUT2D eigenvalue weighted by Gasteiger charge is -2.20. The summed E-state index contributed by atoms with van der Waals surface area (Å²) >= 11 is 3.56. The van der Waals surface area contributed by atoms with E-state index in [1.54, 1.807) is 16.2 Å². The molecule has 0 N–H and O–H groups in total. The molecule has 1 aliphatic heterocycles. The Morgan fingerprint density at radius 2 is 1.92 bits per heavy atom. The molecule has 0 spiro atoms. The molecular formula is C17H16F3NO2S2. The highest BCUT2D eigenvalue weighted by molar-refractivity contribution is 7.99. The standard InChI is InChI=1S/C17H16F3NO2S2/c18-17(19,20)23-13-5-3-12(4-6-13)16(22)21-8-7-15(25-11-9-21)14-2-1-10-24-14/h1-6,10,15H,7-9,11H2. The Labute approximate surface area is 151 Å². The van der Waals surface area contributed by atoms with Crippen molar-refractivity contribution in [2.75, 3.05) is 18.8 Å². The van der Waals surface area contributed by atoms with Gasteiger partial charge in [-0.2, -0.15) is 11.8 Å². The summed E-state index contributed by atoms with van der Waals surface area (Å²) in [5, 5.41) is 2.44. The van der Waals surface area contributed by atoms with Crippen molar-refractivity contribution >= 4 is 29.0 Å². The number of hydrogen-bond acceptors (Lipinski definition) is 4. The molecule has 1 fully saturated rings. The molecule has 1 unspecified atom stereocenters. The molecule has 0 bridgehead atoms. The molecule has 25 heavy (non-hydrogen) atoms. The number of amides is 1. The minimum Gasteiger partial charge on any atom is -0.406 e. The summed E-state index contributed by atoms with van der Waals surface area (Å²) in [7, 11) is 0. The first kappa shape index (κ1) is 18.1. The number of thioether (sulfide) groups is 1. The highest BCUT2D eigenvalue weighted by Crippen LogP contribution is 2.37. The second-order valence-electron chi connectivity index (χ2n) is 5.53. The number of benzene rings is 1. The number of carbonyl (C=O) groups excluding carboxylic acids is 1. The SMILES string of the molecule is O=C(c1ccc(OC(F)(F)F)cc1)N1CCSC(c2cccs2)CC1. The van der Waals surface area contributed by atoms with Crippen LogP contribution in [0.2, 0.25) is 0 Å². The van der Waals surface area contributed by atoms with Gasteiger partial charge in [0, 0.05) is 34.5 Å². The first-order chi connectivity index (χ1) is 11.9. The van der Waals surface area contributed by atoms with Crippen LogP contribution in [-0.4, -0.2) is 36.0 Å². The number of carbonyl (C=O) groups is 1. The maximum atomic E-state index is 12.6. The van der Waals surface area contributed by atoms with E-state index in [-0.39, 0.29) is 11.7 Å². The third-order valence-electron chi connectivity index (χ3n) is 3.82. The first-order valence-electron chi connectivity index (χ1n) is 7.72. The maximum absolute atomic E-state index is 12.6. The van der Waals surface area contributed by atoms with Crippen LogP contribution in [0, 0.1) is 0 Å². The fraction of sp³-hybridized carbons (Fsp3) is 0.353. The van der Waals surface area contributed by atoms with Gasteiger partial charge < -0.3 is 9.64 Å². The minimum atomic E-state index is -4.73. The predicted octanol–water partition coefficient (Wildman–Crippen LogP) is 4.97. The zero-order valence-corrected chi connectivity index (χ0v) is 14.8. The normalized spacial score (nSPS) is 18.7. The average molecular weight is 387 g/mol. The summed E-state index contributed by atoms with van der Waals surface area (Å²) in [6.45, 7) is 1.27. The molecule has 1 aromatic carbocycles. The van der Waals surface area contributed by atoms with E-state index in [0.717, 1.165) is 12.2 Å². The second kappa shape index (κ2) is 7.70. The molecule has 0 saturated carbocycles. The Balaban J connectivity index is 1.62. The van der Waals surface area contributed by atoms with Crippen LogP contribution in [0.15, 0.2) is 41.8 Å². The molecule has 2 heterocycles. The summed E-state index contributed by atoms with van der Waals surface area (Å²) < 4.78 is 40.4. The van der Waals surface area contributed by atoms with Crippen LogP contribution in [0.4, 0.5) is 13.2 Å². The van der Waals surface area contributed by atoms with Gasteiger partial charge >= 0.3 is 6.36 Å². The van der Waals surface area contributed by atoms with Crippen LogP contribution in [0.25, 0.3) is 0 Å². The van der Waals surface area contributed by atoms with E-state index < -0.39 is 6.36 Å². The molecule has 8 heteroatoms. The molecule has 0 aliphatic carbocycles. The van der Waals surface area contributed by atoms with E-state index in [2.05, 4.69) is 10.8 Å². The molecule has 1 aromatic heterocycles. The van der Waals surface area contributed by atoms with Crippen LogP contribution in [-0.2, 0) is 0 Å². The zero-order chi connectivity index (χ0) is 17.9. The lowest BCUT2D eigenvalue weighted by molar-refractivity contribution is -0.274. The maximum Gasteiger partial charge on any atom is 0.573 e. The van der Waals surface area contributed by atoms with Crippen molar-refractivity contribution < 1.29 is 22.7 Å². The van der Waals surface area contributed by atoms with Gasteiger partial charge in [0.1, 0.15) is 5.75 Å². The molecule has 1 aliphatic rings. The number of rotatable bonds is 3. The minimum absolute atomic E-state index is 0.161. The number of nitrogens with zero attached hydrogens (tertiary/aromatic N) is 1. The molecule has 3 nitrogen and oxygen atoms in total. The van der Waals surface area contributed by atoms with Gasteiger partial charge in [-0.05, 0) is 42.1 Å². The third-order valence-corrected chi connectivity index (χ3v) is 6.27. The van der Waals surface area contributed by atoms with Gasteiger partial charge in [0.2, 0.25) is 0 Å². The Morgan fingerprint density at radius 1 is 1.16 bits per heavy atom. The molecule has 1 atom stereocenters. The number of halogens is 3. The largest absolute Gasteiger partial charge is 0.573 e. The van der Waals surface area contributed by atoms with Crippen LogP contribution in [0.3, 0.4) is 0 Å². The van der Waals surface area contributed by atoms with Gasteiger partial charge in [0.15, 0.2) is 0 Å². The number of ether oxygens (including phenoxy) is 1. The van der Waals surface area contributed by atoms with Gasteiger partial charge in [-0.25, -0.2) is 0 Å². The van der Waals surface area contributed by atoms with Crippen LogP contribution in [0.1, 0.15) is 26.9 Å². The summed E-state index contributed by atoms with van der Waals surface area (Å²) in [4.78, 5) is 15.7. The number of hydrogen-bond donors (Lipinski definition) is 0. The lowest BCUT2D eigenvalue weighted by Crippen LogP contribution is -2.32. The van der Waals surface area contributed by atoms with E-state index >= 15 is 0 Å². The third kappa shape index (κ3) is 4.92. The topological polar surface area (TPSA) is 29.5 Å². The predicted molar refractivity (Wildman–Crippen MR) is 93.2 cm³/mol. The van der Waals surface area contributed by atoms with Crippen LogP contribution in [0.5, 0.6) is 5.75 Å². The van der Waals surface area contributed by atoms with Crippen molar-refractivity contribution in [3.8, 4) is 5.75 Å². The number of alkyl halides is 3. The molecule has 2 aromatic rings. The fourth-order valence-corrected chi connectivity index (χ4v) is 4.89. The van der Waals surface area contributed by atoms with E-state index in [1.807, 2.05) is 23.2 Å². The zero-order valence-electron chi connectivity index (χ0n) is 13.2. The fourth-order valence-electron chi connectivity index (χ4n) is 2.66. The quantitative estimate of drug-likeness (QED) is 0.745.